The highest BCUT2D eigenvalue weighted by Gasteiger charge is 2.33. The van der Waals surface area contributed by atoms with Gasteiger partial charge in [0.1, 0.15) is 12.4 Å². The number of rotatable bonds is 7. The Hall–Kier alpha value is -1.64. The number of piperidine rings is 1. The first kappa shape index (κ1) is 22.6. The van der Waals surface area contributed by atoms with Crippen LogP contribution in [0.4, 0.5) is 0 Å². The lowest BCUT2D eigenvalue weighted by molar-refractivity contribution is -0.126. The van der Waals surface area contributed by atoms with Crippen molar-refractivity contribution in [2.24, 2.45) is 5.92 Å². The maximum Gasteiger partial charge on any atom is 0.281 e. The van der Waals surface area contributed by atoms with Gasteiger partial charge in [0, 0.05) is 27.2 Å². The molecule has 1 N–H and O–H groups in total. The predicted octanol–water partition coefficient (Wildman–Crippen LogP) is 2.00. The van der Waals surface area contributed by atoms with Gasteiger partial charge in [-0.25, -0.2) is 0 Å². The van der Waals surface area contributed by atoms with Crippen molar-refractivity contribution in [2.45, 2.75) is 39.0 Å². The monoisotopic (exact) mass is 411 g/mol. The quantitative estimate of drug-likeness (QED) is 0.696. The molecule has 0 aliphatic carbocycles. The highest BCUT2D eigenvalue weighted by Crippen LogP contribution is 2.30. The van der Waals surface area contributed by atoms with E-state index in [0.717, 1.165) is 11.3 Å². The average molecular weight is 412 g/mol. The molecule has 1 fully saturated rings. The van der Waals surface area contributed by atoms with Crippen molar-refractivity contribution in [1.82, 2.24) is 13.9 Å². The topological polar surface area (TPSA) is 79.0 Å². The third-order valence-corrected chi connectivity index (χ3v) is 6.80. The van der Waals surface area contributed by atoms with Crippen LogP contribution >= 0.6 is 0 Å². The molecule has 0 spiro atoms. The fourth-order valence-corrected chi connectivity index (χ4v) is 4.48. The number of ether oxygens (including phenoxy) is 1. The Morgan fingerprint density at radius 1 is 1.29 bits per heavy atom. The molecule has 1 aromatic rings. The SMILES string of the molecule is CN(C)S(=O)(=O)N1CCC[C@@H](C(=O)NCCOc2ccccc2C(C)(C)C)C1. The molecule has 1 atom stereocenters. The molecule has 8 heteroatoms. The van der Waals surface area contributed by atoms with E-state index in [9.17, 15) is 13.2 Å². The molecular weight excluding hydrogens is 378 g/mol. The van der Waals surface area contributed by atoms with Gasteiger partial charge in [0.2, 0.25) is 5.91 Å². The maximum absolute atomic E-state index is 12.5. The first-order valence-corrected chi connectivity index (χ1v) is 11.1. The van der Waals surface area contributed by atoms with Crippen LogP contribution < -0.4 is 10.1 Å². The second-order valence-electron chi connectivity index (χ2n) is 8.37. The van der Waals surface area contributed by atoms with E-state index in [4.69, 9.17) is 4.74 Å². The van der Waals surface area contributed by atoms with Gasteiger partial charge >= 0.3 is 0 Å². The number of nitrogens with one attached hydrogen (secondary N) is 1. The molecule has 1 aromatic carbocycles. The fourth-order valence-electron chi connectivity index (χ4n) is 3.29. The van der Waals surface area contributed by atoms with Crippen LogP contribution in [0.25, 0.3) is 0 Å². The van der Waals surface area contributed by atoms with Gasteiger partial charge < -0.3 is 10.1 Å². The van der Waals surface area contributed by atoms with Crippen molar-refractivity contribution in [3.8, 4) is 5.75 Å². The second kappa shape index (κ2) is 9.24. The Balaban J connectivity index is 1.85. The molecule has 0 aromatic heterocycles. The Bertz CT molecular complexity index is 772. The molecule has 1 heterocycles. The van der Waals surface area contributed by atoms with E-state index in [1.54, 1.807) is 0 Å². The number of carbonyl (C=O) groups excluding carboxylic acids is 1. The van der Waals surface area contributed by atoms with Gasteiger partial charge in [0.25, 0.3) is 10.2 Å². The van der Waals surface area contributed by atoms with Gasteiger partial charge in [-0.2, -0.15) is 17.0 Å². The summed E-state index contributed by atoms with van der Waals surface area (Å²) in [4.78, 5) is 12.5. The Morgan fingerprint density at radius 2 is 1.96 bits per heavy atom. The number of para-hydroxylation sites is 1. The first-order chi connectivity index (χ1) is 13.0. The van der Waals surface area contributed by atoms with Crippen LogP contribution in [0.2, 0.25) is 0 Å². The molecule has 0 unspecified atom stereocenters. The average Bonchev–Trinajstić information content (AvgIpc) is 2.64. The van der Waals surface area contributed by atoms with E-state index < -0.39 is 10.2 Å². The smallest absolute Gasteiger partial charge is 0.281 e. The summed E-state index contributed by atoms with van der Waals surface area (Å²) >= 11 is 0. The summed E-state index contributed by atoms with van der Waals surface area (Å²) in [6, 6.07) is 7.92. The lowest BCUT2D eigenvalue weighted by Crippen LogP contribution is -2.49. The fraction of sp³-hybridized carbons (Fsp3) is 0.650. The van der Waals surface area contributed by atoms with Crippen molar-refractivity contribution >= 4 is 16.1 Å². The van der Waals surface area contributed by atoms with Gasteiger partial charge in [-0.05, 0) is 29.9 Å². The van der Waals surface area contributed by atoms with Gasteiger partial charge in [-0.1, -0.05) is 39.0 Å². The Kier molecular flexibility index (Phi) is 7.47. The van der Waals surface area contributed by atoms with Crippen LogP contribution in [0.15, 0.2) is 24.3 Å². The largest absolute Gasteiger partial charge is 0.491 e. The summed E-state index contributed by atoms with van der Waals surface area (Å²) in [6.07, 6.45) is 1.37. The molecule has 0 radical (unpaired) electrons. The molecule has 7 nitrogen and oxygen atoms in total. The molecule has 1 amide bonds. The van der Waals surface area contributed by atoms with Crippen LogP contribution in [0, 0.1) is 5.92 Å². The van der Waals surface area contributed by atoms with Crippen molar-refractivity contribution in [1.29, 1.82) is 0 Å². The van der Waals surface area contributed by atoms with Crippen LogP contribution in [0.1, 0.15) is 39.2 Å². The molecule has 158 valence electrons. The molecular formula is C20H33N3O4S. The summed E-state index contributed by atoms with van der Waals surface area (Å²) in [6.45, 7) is 7.82. The van der Waals surface area contributed by atoms with Gasteiger partial charge in [-0.3, -0.25) is 4.79 Å². The van der Waals surface area contributed by atoms with E-state index in [0.29, 0.717) is 32.5 Å². The zero-order valence-corrected chi connectivity index (χ0v) is 18.4. The van der Waals surface area contributed by atoms with Crippen molar-refractivity contribution in [2.75, 3.05) is 40.3 Å². The van der Waals surface area contributed by atoms with Crippen LogP contribution in [0.3, 0.4) is 0 Å². The second-order valence-corrected chi connectivity index (χ2v) is 10.5. The Labute approximate surface area is 169 Å². The first-order valence-electron chi connectivity index (χ1n) is 9.71. The number of carbonyl (C=O) groups is 1. The zero-order valence-electron chi connectivity index (χ0n) is 17.6. The summed E-state index contributed by atoms with van der Waals surface area (Å²) < 4.78 is 33.0. The van der Waals surface area contributed by atoms with Gasteiger partial charge in [0.05, 0.1) is 12.5 Å². The molecule has 1 aliphatic heterocycles. The summed E-state index contributed by atoms with van der Waals surface area (Å²) in [5, 5.41) is 2.88. The number of benzene rings is 1. The molecule has 1 saturated heterocycles. The number of amides is 1. The number of hydrogen-bond acceptors (Lipinski definition) is 4. The van der Waals surface area contributed by atoms with Crippen LogP contribution in [-0.2, 0) is 20.4 Å². The maximum atomic E-state index is 12.5. The molecule has 2 rings (SSSR count). The van der Waals surface area contributed by atoms with Crippen LogP contribution in [0.5, 0.6) is 5.75 Å². The summed E-state index contributed by atoms with van der Waals surface area (Å²) in [5.74, 6) is 0.377. The highest BCUT2D eigenvalue weighted by molar-refractivity contribution is 7.86. The third-order valence-electron chi connectivity index (χ3n) is 4.90. The van der Waals surface area contributed by atoms with E-state index in [2.05, 4.69) is 32.2 Å². The molecule has 28 heavy (non-hydrogen) atoms. The molecule has 1 aliphatic rings. The minimum absolute atomic E-state index is 0.0245. The van der Waals surface area contributed by atoms with Crippen molar-refractivity contribution < 1.29 is 17.9 Å². The number of hydrogen-bond donors (Lipinski definition) is 1. The zero-order chi connectivity index (χ0) is 20.9. The normalized spacial score (nSPS) is 18.9. The van der Waals surface area contributed by atoms with Crippen molar-refractivity contribution in [3.63, 3.8) is 0 Å². The van der Waals surface area contributed by atoms with Gasteiger partial charge in [0.15, 0.2) is 0 Å². The lowest BCUT2D eigenvalue weighted by Gasteiger charge is -2.32. The number of nitrogens with zero attached hydrogens (tertiary/aromatic N) is 2. The standard InChI is InChI=1S/C20H33N3O4S/c1-20(2,3)17-10-6-7-11-18(17)27-14-12-21-19(24)16-9-8-13-23(15-16)28(25,26)22(4)5/h6-7,10-11,16H,8-9,12-15H2,1-5H3,(H,21,24)/t16-/m1/s1. The minimum Gasteiger partial charge on any atom is -0.491 e. The molecule has 0 saturated carbocycles. The Morgan fingerprint density at radius 3 is 2.61 bits per heavy atom. The van der Waals surface area contributed by atoms with Gasteiger partial charge in [-0.15, -0.1) is 0 Å². The minimum atomic E-state index is -3.48. The van der Waals surface area contributed by atoms with E-state index >= 15 is 0 Å². The van der Waals surface area contributed by atoms with Crippen LogP contribution in [-0.4, -0.2) is 63.3 Å². The third kappa shape index (κ3) is 5.68. The lowest BCUT2D eigenvalue weighted by atomic mass is 9.86. The van der Waals surface area contributed by atoms with E-state index in [-0.39, 0.29) is 23.8 Å². The predicted molar refractivity (Wildman–Crippen MR) is 111 cm³/mol. The van der Waals surface area contributed by atoms with Crippen molar-refractivity contribution in [3.05, 3.63) is 29.8 Å². The highest BCUT2D eigenvalue weighted by atomic mass is 32.2. The summed E-state index contributed by atoms with van der Waals surface area (Å²) in [5.41, 5.74) is 1.10. The molecule has 0 bridgehead atoms. The van der Waals surface area contributed by atoms with E-state index in [1.165, 1.54) is 22.7 Å². The summed E-state index contributed by atoms with van der Waals surface area (Å²) in [7, 11) is -0.473. The van der Waals surface area contributed by atoms with E-state index in [1.807, 2.05) is 18.2 Å².